The Balaban J connectivity index is 2.14. The molecule has 2 heteroatoms. The second-order valence-electron chi connectivity index (χ2n) is 5.45. The van der Waals surface area contributed by atoms with Crippen molar-refractivity contribution in [2.75, 3.05) is 6.61 Å². The van der Waals surface area contributed by atoms with E-state index in [2.05, 4.69) is 25.1 Å². The molecular formula is C18H20O2. The van der Waals surface area contributed by atoms with Gasteiger partial charge in [-0.05, 0) is 43.9 Å². The predicted octanol–water partition coefficient (Wildman–Crippen LogP) is 3.58. The summed E-state index contributed by atoms with van der Waals surface area (Å²) >= 11 is 0. The molecule has 1 aliphatic rings. The number of hydrogen-bond acceptors (Lipinski definition) is 2. The highest BCUT2D eigenvalue weighted by molar-refractivity contribution is 5.51. The van der Waals surface area contributed by atoms with Crippen molar-refractivity contribution in [1.29, 1.82) is 0 Å². The van der Waals surface area contributed by atoms with Crippen molar-refractivity contribution < 1.29 is 9.84 Å². The van der Waals surface area contributed by atoms with E-state index in [1.54, 1.807) is 0 Å². The lowest BCUT2D eigenvalue weighted by Gasteiger charge is -2.27. The zero-order valence-corrected chi connectivity index (χ0v) is 12.0. The van der Waals surface area contributed by atoms with Crippen molar-refractivity contribution >= 4 is 0 Å². The van der Waals surface area contributed by atoms with Gasteiger partial charge in [0, 0.05) is 5.56 Å². The highest BCUT2D eigenvalue weighted by atomic mass is 16.5. The minimum Gasteiger partial charge on any atom is -0.493 e. The summed E-state index contributed by atoms with van der Waals surface area (Å²) in [6.07, 6.45) is 1.63. The van der Waals surface area contributed by atoms with Crippen LogP contribution in [0.1, 0.15) is 35.6 Å². The summed E-state index contributed by atoms with van der Waals surface area (Å²) in [4.78, 5) is 0. The SMILES string of the molecule is CCOc1ccccc1C1(O)CCc2ccc(C)cc21. The van der Waals surface area contributed by atoms with E-state index in [1.807, 2.05) is 31.2 Å². The van der Waals surface area contributed by atoms with Gasteiger partial charge in [-0.3, -0.25) is 0 Å². The zero-order valence-electron chi connectivity index (χ0n) is 12.0. The van der Waals surface area contributed by atoms with Gasteiger partial charge < -0.3 is 9.84 Å². The minimum absolute atomic E-state index is 0.605. The van der Waals surface area contributed by atoms with Crippen LogP contribution in [0.2, 0.25) is 0 Å². The standard InChI is InChI=1S/C18H20O2/c1-3-20-17-7-5-4-6-15(17)18(19)11-10-14-9-8-13(2)12-16(14)18/h4-9,12,19H,3,10-11H2,1-2H3. The molecule has 1 N–H and O–H groups in total. The van der Waals surface area contributed by atoms with E-state index in [0.29, 0.717) is 6.61 Å². The third-order valence-electron chi connectivity index (χ3n) is 4.10. The predicted molar refractivity (Wildman–Crippen MR) is 80.1 cm³/mol. The van der Waals surface area contributed by atoms with Crippen molar-refractivity contribution in [3.63, 3.8) is 0 Å². The van der Waals surface area contributed by atoms with Crippen LogP contribution < -0.4 is 4.74 Å². The summed E-state index contributed by atoms with van der Waals surface area (Å²) in [5.74, 6) is 0.784. The largest absolute Gasteiger partial charge is 0.493 e. The Labute approximate surface area is 120 Å². The number of ether oxygens (including phenoxy) is 1. The van der Waals surface area contributed by atoms with Crippen LogP contribution in [0, 0.1) is 6.92 Å². The fourth-order valence-corrected chi connectivity index (χ4v) is 3.11. The molecule has 0 aromatic heterocycles. The smallest absolute Gasteiger partial charge is 0.125 e. The maximum atomic E-state index is 11.3. The first-order valence-electron chi connectivity index (χ1n) is 7.20. The molecule has 1 aliphatic carbocycles. The van der Waals surface area contributed by atoms with E-state index in [-0.39, 0.29) is 0 Å². The molecule has 104 valence electrons. The second-order valence-corrected chi connectivity index (χ2v) is 5.45. The molecule has 0 fully saturated rings. The molecule has 0 radical (unpaired) electrons. The van der Waals surface area contributed by atoms with Crippen LogP contribution in [0.3, 0.4) is 0 Å². The third-order valence-corrected chi connectivity index (χ3v) is 4.10. The van der Waals surface area contributed by atoms with Gasteiger partial charge in [-0.1, -0.05) is 42.0 Å². The molecule has 3 rings (SSSR count). The second kappa shape index (κ2) is 4.95. The molecule has 2 aromatic rings. The van der Waals surface area contributed by atoms with Gasteiger partial charge in [0.1, 0.15) is 11.4 Å². The van der Waals surface area contributed by atoms with E-state index in [9.17, 15) is 5.11 Å². The van der Waals surface area contributed by atoms with Gasteiger partial charge >= 0.3 is 0 Å². The molecule has 0 saturated carbocycles. The molecule has 0 bridgehead atoms. The van der Waals surface area contributed by atoms with Crippen LogP contribution in [0.4, 0.5) is 0 Å². The Kier molecular flexibility index (Phi) is 3.27. The summed E-state index contributed by atoms with van der Waals surface area (Å²) < 4.78 is 5.70. The van der Waals surface area contributed by atoms with Gasteiger partial charge in [-0.15, -0.1) is 0 Å². The van der Waals surface area contributed by atoms with Crippen molar-refractivity contribution in [2.45, 2.75) is 32.3 Å². The third kappa shape index (κ3) is 2.01. The maximum Gasteiger partial charge on any atom is 0.125 e. The highest BCUT2D eigenvalue weighted by Crippen LogP contribution is 2.45. The topological polar surface area (TPSA) is 29.5 Å². The maximum absolute atomic E-state index is 11.3. The van der Waals surface area contributed by atoms with Crippen LogP contribution in [0.25, 0.3) is 0 Å². The van der Waals surface area contributed by atoms with Gasteiger partial charge in [0.15, 0.2) is 0 Å². The van der Waals surface area contributed by atoms with Gasteiger partial charge in [0.05, 0.1) is 6.61 Å². The minimum atomic E-state index is -0.923. The van der Waals surface area contributed by atoms with Crippen molar-refractivity contribution in [3.8, 4) is 5.75 Å². The highest BCUT2D eigenvalue weighted by Gasteiger charge is 2.40. The normalized spacial score (nSPS) is 20.8. The first-order chi connectivity index (χ1) is 9.65. The molecular weight excluding hydrogens is 248 g/mol. The number of benzene rings is 2. The summed E-state index contributed by atoms with van der Waals surface area (Å²) in [5.41, 5.74) is 3.41. The lowest BCUT2D eigenvalue weighted by Crippen LogP contribution is -2.25. The Hall–Kier alpha value is -1.80. The van der Waals surface area contributed by atoms with Crippen LogP contribution in [-0.2, 0) is 12.0 Å². The summed E-state index contributed by atoms with van der Waals surface area (Å²) in [6.45, 7) is 4.63. The van der Waals surface area contributed by atoms with Gasteiger partial charge in [-0.2, -0.15) is 0 Å². The van der Waals surface area contributed by atoms with Crippen LogP contribution in [0.5, 0.6) is 5.75 Å². The average Bonchev–Trinajstić information content (AvgIpc) is 2.78. The number of aryl methyl sites for hydroxylation is 2. The lowest BCUT2D eigenvalue weighted by atomic mass is 9.86. The number of hydrogen-bond donors (Lipinski definition) is 1. The zero-order chi connectivity index (χ0) is 14.2. The van der Waals surface area contributed by atoms with E-state index in [0.717, 1.165) is 29.7 Å². The Bertz CT molecular complexity index is 633. The average molecular weight is 268 g/mol. The van der Waals surface area contributed by atoms with E-state index < -0.39 is 5.60 Å². The van der Waals surface area contributed by atoms with E-state index in [1.165, 1.54) is 11.1 Å². The molecule has 2 nitrogen and oxygen atoms in total. The molecule has 0 saturated heterocycles. The first-order valence-corrected chi connectivity index (χ1v) is 7.20. The van der Waals surface area contributed by atoms with Crippen LogP contribution in [0.15, 0.2) is 42.5 Å². The fraction of sp³-hybridized carbons (Fsp3) is 0.333. The summed E-state index contributed by atoms with van der Waals surface area (Å²) in [7, 11) is 0. The number of para-hydroxylation sites is 1. The Morgan fingerprint density at radius 2 is 1.95 bits per heavy atom. The van der Waals surface area contributed by atoms with Gasteiger partial charge in [-0.25, -0.2) is 0 Å². The molecule has 1 unspecified atom stereocenters. The van der Waals surface area contributed by atoms with Crippen LogP contribution in [-0.4, -0.2) is 11.7 Å². The molecule has 0 heterocycles. The number of fused-ring (bicyclic) bond motifs is 1. The van der Waals surface area contributed by atoms with Gasteiger partial charge in [0.2, 0.25) is 0 Å². The molecule has 0 amide bonds. The summed E-state index contributed by atoms with van der Waals surface area (Å²) in [5, 5.41) is 11.3. The van der Waals surface area contributed by atoms with Crippen molar-refractivity contribution in [2.24, 2.45) is 0 Å². The number of aliphatic hydroxyl groups is 1. The fourth-order valence-electron chi connectivity index (χ4n) is 3.11. The Morgan fingerprint density at radius 1 is 1.15 bits per heavy atom. The van der Waals surface area contributed by atoms with Crippen LogP contribution >= 0.6 is 0 Å². The van der Waals surface area contributed by atoms with Gasteiger partial charge in [0.25, 0.3) is 0 Å². The quantitative estimate of drug-likeness (QED) is 0.922. The summed E-state index contributed by atoms with van der Waals surface area (Å²) in [6, 6.07) is 14.2. The molecule has 20 heavy (non-hydrogen) atoms. The number of rotatable bonds is 3. The van der Waals surface area contributed by atoms with E-state index in [4.69, 9.17) is 4.74 Å². The first kappa shape index (κ1) is 13.2. The lowest BCUT2D eigenvalue weighted by molar-refractivity contribution is 0.0792. The molecule has 0 spiro atoms. The Morgan fingerprint density at radius 3 is 2.75 bits per heavy atom. The molecule has 2 aromatic carbocycles. The van der Waals surface area contributed by atoms with E-state index >= 15 is 0 Å². The monoisotopic (exact) mass is 268 g/mol. The molecule has 1 atom stereocenters. The molecule has 0 aliphatic heterocycles. The van der Waals surface area contributed by atoms with Crippen molar-refractivity contribution in [1.82, 2.24) is 0 Å². The van der Waals surface area contributed by atoms with Crippen molar-refractivity contribution in [3.05, 3.63) is 64.7 Å².